The van der Waals surface area contributed by atoms with E-state index in [2.05, 4.69) is 31.0 Å². The van der Waals surface area contributed by atoms with Crippen LogP contribution in [-0.4, -0.2) is 42.5 Å². The summed E-state index contributed by atoms with van der Waals surface area (Å²) in [7, 11) is 0. The molecule has 1 unspecified atom stereocenters. The van der Waals surface area contributed by atoms with Crippen molar-refractivity contribution in [2.75, 3.05) is 19.6 Å². The quantitative estimate of drug-likeness (QED) is 0.753. The third kappa shape index (κ3) is 5.36. The summed E-state index contributed by atoms with van der Waals surface area (Å²) in [6, 6.07) is -0.00693. The number of carbonyl (C=O) groups excluding carboxylic acids is 1. The standard InChI is InChI=1S/C14H29N3O/c1-4-5-13(15)14(18)16-12-6-8-17(9-7-12)10-11(2)3/h11-13H,4-10,15H2,1-3H3,(H,16,18). The fourth-order valence-electron chi connectivity index (χ4n) is 2.53. The van der Waals surface area contributed by atoms with Gasteiger partial charge in [-0.3, -0.25) is 4.79 Å². The first-order chi connectivity index (χ1) is 8.52. The van der Waals surface area contributed by atoms with Crippen molar-refractivity contribution < 1.29 is 4.79 Å². The number of nitrogens with one attached hydrogen (secondary N) is 1. The van der Waals surface area contributed by atoms with Gasteiger partial charge in [0.2, 0.25) is 5.91 Å². The summed E-state index contributed by atoms with van der Waals surface area (Å²) in [5.74, 6) is 0.744. The van der Waals surface area contributed by atoms with Crippen LogP contribution in [0, 0.1) is 5.92 Å². The summed E-state index contributed by atoms with van der Waals surface area (Å²) in [6.45, 7) is 9.89. The third-order valence-electron chi connectivity index (χ3n) is 3.49. The summed E-state index contributed by atoms with van der Waals surface area (Å²) in [5, 5.41) is 3.09. The number of nitrogens with two attached hydrogens (primary N) is 1. The van der Waals surface area contributed by atoms with Crippen LogP contribution in [0.15, 0.2) is 0 Å². The number of rotatable bonds is 6. The van der Waals surface area contributed by atoms with E-state index in [1.165, 1.54) is 0 Å². The van der Waals surface area contributed by atoms with Crippen LogP contribution in [0.5, 0.6) is 0 Å². The van der Waals surface area contributed by atoms with E-state index in [1.807, 2.05) is 0 Å². The van der Waals surface area contributed by atoms with Crippen molar-refractivity contribution in [3.63, 3.8) is 0 Å². The van der Waals surface area contributed by atoms with Gasteiger partial charge in [-0.1, -0.05) is 27.2 Å². The molecule has 0 aromatic heterocycles. The maximum atomic E-state index is 11.8. The lowest BCUT2D eigenvalue weighted by atomic mass is 10.0. The van der Waals surface area contributed by atoms with E-state index in [9.17, 15) is 4.79 Å². The first kappa shape index (κ1) is 15.4. The number of nitrogens with zero attached hydrogens (tertiary/aromatic N) is 1. The Balaban J connectivity index is 2.24. The summed E-state index contributed by atoms with van der Waals surface area (Å²) in [5.41, 5.74) is 5.82. The molecule has 0 aromatic rings. The maximum absolute atomic E-state index is 11.8. The summed E-state index contributed by atoms with van der Waals surface area (Å²) < 4.78 is 0. The SMILES string of the molecule is CCCC(N)C(=O)NC1CCN(CC(C)C)CC1. The van der Waals surface area contributed by atoms with Gasteiger partial charge in [0.25, 0.3) is 0 Å². The van der Waals surface area contributed by atoms with Gasteiger partial charge in [0, 0.05) is 25.7 Å². The molecule has 1 fully saturated rings. The molecule has 18 heavy (non-hydrogen) atoms. The van der Waals surface area contributed by atoms with Gasteiger partial charge in [-0.25, -0.2) is 0 Å². The first-order valence-electron chi connectivity index (χ1n) is 7.31. The molecule has 1 aliphatic rings. The normalized spacial score (nSPS) is 20.1. The highest BCUT2D eigenvalue weighted by Gasteiger charge is 2.22. The Morgan fingerprint density at radius 1 is 1.39 bits per heavy atom. The molecule has 0 aromatic carbocycles. The molecule has 0 bridgehead atoms. The minimum atomic E-state index is -0.330. The Hall–Kier alpha value is -0.610. The van der Waals surface area contributed by atoms with Crippen LogP contribution >= 0.6 is 0 Å². The molecule has 0 radical (unpaired) electrons. The second kappa shape index (κ2) is 7.74. The van der Waals surface area contributed by atoms with Crippen LogP contribution in [0.1, 0.15) is 46.5 Å². The van der Waals surface area contributed by atoms with Gasteiger partial charge >= 0.3 is 0 Å². The molecule has 1 atom stereocenters. The van der Waals surface area contributed by atoms with E-state index in [0.29, 0.717) is 12.0 Å². The molecule has 1 rings (SSSR count). The number of carbonyl (C=O) groups is 1. The van der Waals surface area contributed by atoms with E-state index in [1.54, 1.807) is 0 Å². The Morgan fingerprint density at radius 3 is 2.50 bits per heavy atom. The van der Waals surface area contributed by atoms with Crippen LogP contribution in [0.3, 0.4) is 0 Å². The lowest BCUT2D eigenvalue weighted by molar-refractivity contribution is -0.123. The van der Waals surface area contributed by atoms with Gasteiger partial charge in [-0.05, 0) is 25.2 Å². The van der Waals surface area contributed by atoms with E-state index in [0.717, 1.165) is 45.3 Å². The third-order valence-corrected chi connectivity index (χ3v) is 3.49. The molecular weight excluding hydrogens is 226 g/mol. The first-order valence-corrected chi connectivity index (χ1v) is 7.31. The molecule has 0 aliphatic carbocycles. The van der Waals surface area contributed by atoms with Gasteiger partial charge in [-0.2, -0.15) is 0 Å². The van der Waals surface area contributed by atoms with Crippen LogP contribution in [0.2, 0.25) is 0 Å². The second-order valence-electron chi connectivity index (χ2n) is 5.87. The van der Waals surface area contributed by atoms with Crippen molar-refractivity contribution in [2.24, 2.45) is 11.7 Å². The molecule has 1 saturated heterocycles. The minimum Gasteiger partial charge on any atom is -0.352 e. The summed E-state index contributed by atoms with van der Waals surface area (Å²) in [6.07, 6.45) is 3.84. The fourth-order valence-corrected chi connectivity index (χ4v) is 2.53. The lowest BCUT2D eigenvalue weighted by Crippen LogP contribution is -2.49. The number of piperidine rings is 1. The molecule has 0 saturated carbocycles. The molecule has 4 nitrogen and oxygen atoms in total. The number of likely N-dealkylation sites (tertiary alicyclic amines) is 1. The van der Waals surface area contributed by atoms with Crippen molar-refractivity contribution in [2.45, 2.75) is 58.5 Å². The zero-order chi connectivity index (χ0) is 13.5. The van der Waals surface area contributed by atoms with Gasteiger partial charge in [0.15, 0.2) is 0 Å². The van der Waals surface area contributed by atoms with Crippen LogP contribution in [-0.2, 0) is 4.79 Å². The van der Waals surface area contributed by atoms with Crippen molar-refractivity contribution in [3.8, 4) is 0 Å². The molecule has 1 amide bonds. The zero-order valence-electron chi connectivity index (χ0n) is 12.1. The molecule has 1 aliphatic heterocycles. The monoisotopic (exact) mass is 255 g/mol. The fraction of sp³-hybridized carbons (Fsp3) is 0.929. The topological polar surface area (TPSA) is 58.4 Å². The van der Waals surface area contributed by atoms with Crippen LogP contribution < -0.4 is 11.1 Å². The van der Waals surface area contributed by atoms with Gasteiger partial charge in [0.05, 0.1) is 6.04 Å². The average Bonchev–Trinajstić information content (AvgIpc) is 2.31. The summed E-state index contributed by atoms with van der Waals surface area (Å²) >= 11 is 0. The van der Waals surface area contributed by atoms with E-state index >= 15 is 0 Å². The van der Waals surface area contributed by atoms with Crippen LogP contribution in [0.4, 0.5) is 0 Å². The highest BCUT2D eigenvalue weighted by molar-refractivity contribution is 5.81. The van der Waals surface area contributed by atoms with Crippen molar-refractivity contribution in [1.82, 2.24) is 10.2 Å². The molecule has 1 heterocycles. The highest BCUT2D eigenvalue weighted by atomic mass is 16.2. The molecule has 106 valence electrons. The Bertz CT molecular complexity index is 247. The molecular formula is C14H29N3O. The Kier molecular flexibility index (Phi) is 6.65. The number of hydrogen-bond acceptors (Lipinski definition) is 3. The largest absolute Gasteiger partial charge is 0.352 e. The minimum absolute atomic E-state index is 0.0270. The number of hydrogen-bond donors (Lipinski definition) is 2. The van der Waals surface area contributed by atoms with E-state index in [4.69, 9.17) is 5.73 Å². The molecule has 0 spiro atoms. The lowest BCUT2D eigenvalue weighted by Gasteiger charge is -2.33. The zero-order valence-corrected chi connectivity index (χ0v) is 12.1. The summed E-state index contributed by atoms with van der Waals surface area (Å²) in [4.78, 5) is 14.3. The highest BCUT2D eigenvalue weighted by Crippen LogP contribution is 2.12. The predicted molar refractivity (Wildman–Crippen MR) is 75.3 cm³/mol. The number of amides is 1. The maximum Gasteiger partial charge on any atom is 0.237 e. The molecule has 4 heteroatoms. The van der Waals surface area contributed by atoms with Crippen molar-refractivity contribution in [1.29, 1.82) is 0 Å². The van der Waals surface area contributed by atoms with Gasteiger partial charge in [0.1, 0.15) is 0 Å². The molecule has 3 N–H and O–H groups in total. The van der Waals surface area contributed by atoms with Crippen LogP contribution in [0.25, 0.3) is 0 Å². The Morgan fingerprint density at radius 2 is 2.00 bits per heavy atom. The average molecular weight is 255 g/mol. The second-order valence-corrected chi connectivity index (χ2v) is 5.87. The smallest absolute Gasteiger partial charge is 0.237 e. The van der Waals surface area contributed by atoms with E-state index < -0.39 is 0 Å². The van der Waals surface area contributed by atoms with Crippen molar-refractivity contribution in [3.05, 3.63) is 0 Å². The van der Waals surface area contributed by atoms with Crippen molar-refractivity contribution >= 4 is 5.91 Å². The van der Waals surface area contributed by atoms with Gasteiger partial charge < -0.3 is 16.0 Å². The predicted octanol–water partition coefficient (Wildman–Crippen LogP) is 1.35. The van der Waals surface area contributed by atoms with Gasteiger partial charge in [-0.15, -0.1) is 0 Å². The Labute approximate surface area is 111 Å². The van der Waals surface area contributed by atoms with E-state index in [-0.39, 0.29) is 11.9 Å².